The van der Waals surface area contributed by atoms with Crippen LogP contribution in [0.1, 0.15) is 56.2 Å². The first-order valence-electron chi connectivity index (χ1n) is 7.56. The quantitative estimate of drug-likeness (QED) is 0.894. The Morgan fingerprint density at radius 1 is 1.21 bits per heavy atom. The lowest BCUT2D eigenvalue weighted by atomic mass is 9.98. The second-order valence-corrected chi connectivity index (χ2v) is 6.50. The molecule has 4 rings (SSSR count). The molecule has 5 heteroatoms. The summed E-state index contributed by atoms with van der Waals surface area (Å²) in [6.45, 7) is 0.820. The van der Waals surface area contributed by atoms with E-state index in [1.54, 1.807) is 0 Å². The van der Waals surface area contributed by atoms with Crippen molar-refractivity contribution in [3.63, 3.8) is 0 Å². The molecule has 0 spiro atoms. The Balaban J connectivity index is 1.38. The molecule has 19 heavy (non-hydrogen) atoms. The Morgan fingerprint density at radius 3 is 2.63 bits per heavy atom. The first kappa shape index (κ1) is 11.9. The molecule has 1 saturated carbocycles. The Hall–Kier alpha value is -0.940. The van der Waals surface area contributed by atoms with Crippen LogP contribution < -0.4 is 5.32 Å². The highest BCUT2D eigenvalue weighted by atomic mass is 16.5. The van der Waals surface area contributed by atoms with E-state index in [1.807, 2.05) is 0 Å². The minimum Gasteiger partial charge on any atom is -0.339 e. The van der Waals surface area contributed by atoms with Gasteiger partial charge in [-0.15, -0.1) is 0 Å². The first-order chi connectivity index (χ1) is 9.28. The van der Waals surface area contributed by atoms with Crippen molar-refractivity contribution in [2.45, 2.75) is 69.1 Å². The van der Waals surface area contributed by atoms with Crippen molar-refractivity contribution >= 4 is 0 Å². The van der Waals surface area contributed by atoms with Gasteiger partial charge in [-0.25, -0.2) is 0 Å². The van der Waals surface area contributed by atoms with Crippen LogP contribution in [-0.2, 0) is 6.54 Å². The van der Waals surface area contributed by atoms with Gasteiger partial charge in [0.05, 0.1) is 6.54 Å². The number of rotatable bonds is 4. The van der Waals surface area contributed by atoms with Gasteiger partial charge in [-0.05, 0) is 45.6 Å². The number of hydrogen-bond acceptors (Lipinski definition) is 5. The maximum absolute atomic E-state index is 5.33. The lowest BCUT2D eigenvalue weighted by Crippen LogP contribution is -2.46. The third kappa shape index (κ3) is 2.41. The summed E-state index contributed by atoms with van der Waals surface area (Å²) in [5.74, 6) is 2.27. The highest BCUT2D eigenvalue weighted by Gasteiger charge is 2.35. The molecule has 1 aliphatic carbocycles. The van der Waals surface area contributed by atoms with Crippen molar-refractivity contribution in [1.82, 2.24) is 20.4 Å². The van der Waals surface area contributed by atoms with Crippen molar-refractivity contribution in [2.24, 2.45) is 0 Å². The highest BCUT2D eigenvalue weighted by Crippen LogP contribution is 2.39. The van der Waals surface area contributed by atoms with Crippen molar-refractivity contribution in [3.05, 3.63) is 11.7 Å². The van der Waals surface area contributed by atoms with E-state index in [2.05, 4.69) is 27.4 Å². The molecular formula is C14H22N4O. The Labute approximate surface area is 113 Å². The molecule has 2 bridgehead atoms. The number of nitrogens with zero attached hydrogens (tertiary/aromatic N) is 3. The van der Waals surface area contributed by atoms with Crippen molar-refractivity contribution in [3.8, 4) is 0 Å². The minimum absolute atomic E-state index is 0.557. The standard InChI is InChI=1S/C14H22N4O/c1-18(12-6-10-4-5-11(7-12)15-10)8-13-16-14(19-17-13)9-2-3-9/h9-12,15H,2-8H2,1H3. The fraction of sp³-hybridized carbons (Fsp3) is 0.857. The summed E-state index contributed by atoms with van der Waals surface area (Å²) in [5.41, 5.74) is 0. The Kier molecular flexibility index (Phi) is 2.84. The normalized spacial score (nSPS) is 34.1. The summed E-state index contributed by atoms with van der Waals surface area (Å²) in [7, 11) is 2.20. The van der Waals surface area contributed by atoms with E-state index >= 15 is 0 Å². The van der Waals surface area contributed by atoms with Gasteiger partial charge >= 0.3 is 0 Å². The molecule has 1 N–H and O–H groups in total. The highest BCUT2D eigenvalue weighted by molar-refractivity contribution is 5.02. The van der Waals surface area contributed by atoms with Gasteiger partial charge < -0.3 is 9.84 Å². The Bertz CT molecular complexity index is 444. The van der Waals surface area contributed by atoms with Crippen LogP contribution in [0.3, 0.4) is 0 Å². The number of nitrogens with one attached hydrogen (secondary N) is 1. The molecule has 3 aliphatic rings. The maximum atomic E-state index is 5.33. The van der Waals surface area contributed by atoms with E-state index in [9.17, 15) is 0 Å². The monoisotopic (exact) mass is 262 g/mol. The fourth-order valence-electron chi connectivity index (χ4n) is 3.57. The maximum Gasteiger partial charge on any atom is 0.229 e. The molecule has 5 nitrogen and oxygen atoms in total. The molecule has 1 aromatic heterocycles. The second kappa shape index (κ2) is 4.56. The van der Waals surface area contributed by atoms with Crippen molar-refractivity contribution < 1.29 is 4.52 Å². The third-order valence-electron chi connectivity index (χ3n) is 4.87. The molecule has 3 heterocycles. The molecular weight excluding hydrogens is 240 g/mol. The van der Waals surface area contributed by atoms with Crippen LogP contribution in [0.2, 0.25) is 0 Å². The zero-order valence-electron chi connectivity index (χ0n) is 11.5. The van der Waals surface area contributed by atoms with Gasteiger partial charge in [0, 0.05) is 24.0 Å². The molecule has 2 atom stereocenters. The van der Waals surface area contributed by atoms with E-state index in [-0.39, 0.29) is 0 Å². The SMILES string of the molecule is CN(Cc1noc(C2CC2)n1)C1CC2CCC(C1)N2. The first-order valence-corrected chi connectivity index (χ1v) is 7.56. The summed E-state index contributed by atoms with van der Waals surface area (Å²) < 4.78 is 5.33. The molecule has 2 saturated heterocycles. The van der Waals surface area contributed by atoms with E-state index in [1.165, 1.54) is 38.5 Å². The molecule has 1 aromatic rings. The zero-order chi connectivity index (χ0) is 12.8. The average Bonchev–Trinajstić information content (AvgIpc) is 3.08. The van der Waals surface area contributed by atoms with Gasteiger partial charge in [0.15, 0.2) is 5.82 Å². The van der Waals surface area contributed by atoms with Gasteiger partial charge in [0.2, 0.25) is 5.89 Å². The smallest absolute Gasteiger partial charge is 0.229 e. The molecule has 0 amide bonds. The van der Waals surface area contributed by atoms with Gasteiger partial charge in [0.1, 0.15) is 0 Å². The summed E-state index contributed by atoms with van der Waals surface area (Å²) in [6.07, 6.45) is 7.66. The molecule has 2 aliphatic heterocycles. The number of aromatic nitrogens is 2. The van der Waals surface area contributed by atoms with Gasteiger partial charge in [-0.3, -0.25) is 4.90 Å². The zero-order valence-corrected chi connectivity index (χ0v) is 11.5. The third-order valence-corrected chi connectivity index (χ3v) is 4.87. The number of hydrogen-bond donors (Lipinski definition) is 1. The summed E-state index contributed by atoms with van der Waals surface area (Å²) in [5, 5.41) is 7.81. The van der Waals surface area contributed by atoms with E-state index in [4.69, 9.17) is 4.52 Å². The van der Waals surface area contributed by atoms with Crippen molar-refractivity contribution in [1.29, 1.82) is 0 Å². The van der Waals surface area contributed by atoms with E-state index < -0.39 is 0 Å². The Morgan fingerprint density at radius 2 is 1.95 bits per heavy atom. The summed E-state index contributed by atoms with van der Waals surface area (Å²) >= 11 is 0. The number of piperidine rings is 1. The largest absolute Gasteiger partial charge is 0.339 e. The van der Waals surface area contributed by atoms with Crippen LogP contribution in [0.4, 0.5) is 0 Å². The van der Waals surface area contributed by atoms with Crippen LogP contribution in [0.25, 0.3) is 0 Å². The second-order valence-electron chi connectivity index (χ2n) is 6.50. The predicted molar refractivity (Wildman–Crippen MR) is 70.7 cm³/mol. The van der Waals surface area contributed by atoms with Crippen LogP contribution in [0.5, 0.6) is 0 Å². The lowest BCUT2D eigenvalue weighted by molar-refractivity contribution is 0.161. The van der Waals surface area contributed by atoms with Gasteiger partial charge in [-0.1, -0.05) is 5.16 Å². The summed E-state index contributed by atoms with van der Waals surface area (Å²) in [6, 6.07) is 2.14. The average molecular weight is 262 g/mol. The van der Waals surface area contributed by atoms with Crippen LogP contribution in [-0.4, -0.2) is 40.2 Å². The van der Waals surface area contributed by atoms with Crippen LogP contribution >= 0.6 is 0 Å². The fourth-order valence-corrected chi connectivity index (χ4v) is 3.57. The predicted octanol–water partition coefficient (Wildman–Crippen LogP) is 1.66. The molecule has 0 radical (unpaired) electrons. The topological polar surface area (TPSA) is 54.2 Å². The molecule has 3 fully saturated rings. The molecule has 2 unspecified atom stereocenters. The van der Waals surface area contributed by atoms with Crippen LogP contribution in [0, 0.1) is 0 Å². The van der Waals surface area contributed by atoms with Crippen molar-refractivity contribution in [2.75, 3.05) is 7.05 Å². The minimum atomic E-state index is 0.557. The van der Waals surface area contributed by atoms with E-state index in [0.717, 1.165) is 30.3 Å². The molecule has 0 aromatic carbocycles. The van der Waals surface area contributed by atoms with Crippen LogP contribution in [0.15, 0.2) is 4.52 Å². The van der Waals surface area contributed by atoms with E-state index in [0.29, 0.717) is 12.0 Å². The summed E-state index contributed by atoms with van der Waals surface area (Å²) in [4.78, 5) is 6.94. The number of fused-ring (bicyclic) bond motifs is 2. The van der Waals surface area contributed by atoms with Gasteiger partial charge in [0.25, 0.3) is 0 Å². The van der Waals surface area contributed by atoms with Gasteiger partial charge in [-0.2, -0.15) is 4.98 Å². The molecule has 104 valence electrons. The lowest BCUT2D eigenvalue weighted by Gasteiger charge is -2.34.